The van der Waals surface area contributed by atoms with Crippen molar-refractivity contribution < 1.29 is 14.3 Å². The number of thioether (sulfide) groups is 1. The number of hydrogen-bond donors (Lipinski definition) is 1. The topological polar surface area (TPSA) is 92.1 Å². The van der Waals surface area contributed by atoms with Crippen LogP contribution in [-0.4, -0.2) is 29.7 Å². The number of hydrogen-bond acceptors (Lipinski definition) is 7. The molecule has 2 aliphatic rings. The Labute approximate surface area is 196 Å². The zero-order chi connectivity index (χ0) is 22.7. The monoisotopic (exact) mass is 469 g/mol. The Bertz CT molecular complexity index is 1090. The number of aromatic nitrogens is 1. The third kappa shape index (κ3) is 4.84. The number of rotatable bonds is 6. The lowest BCUT2D eigenvalue weighted by Crippen LogP contribution is -2.16. The van der Waals surface area contributed by atoms with E-state index in [2.05, 4.69) is 18.3 Å². The van der Waals surface area contributed by atoms with Crippen LogP contribution in [0, 0.1) is 17.2 Å². The van der Waals surface area contributed by atoms with E-state index in [0.29, 0.717) is 32.8 Å². The number of carbonyl (C=O) groups excluding carboxylic acids is 2. The molecular weight excluding hydrogens is 442 g/mol. The molecule has 2 aliphatic carbocycles. The third-order valence-corrected chi connectivity index (χ3v) is 8.30. The number of fused-ring (bicyclic) bond motifs is 2. The molecule has 32 heavy (non-hydrogen) atoms. The summed E-state index contributed by atoms with van der Waals surface area (Å²) < 4.78 is 4.97. The van der Waals surface area contributed by atoms with E-state index in [-0.39, 0.29) is 18.3 Å². The van der Waals surface area contributed by atoms with E-state index in [0.717, 1.165) is 56.2 Å². The zero-order valence-corrected chi connectivity index (χ0v) is 20.1. The zero-order valence-electron chi connectivity index (χ0n) is 18.5. The van der Waals surface area contributed by atoms with Crippen LogP contribution < -0.4 is 5.32 Å². The van der Waals surface area contributed by atoms with Crippen molar-refractivity contribution in [2.75, 3.05) is 18.2 Å². The molecule has 1 N–H and O–H groups in total. The number of nitrogens with one attached hydrogen (secondary N) is 1. The van der Waals surface area contributed by atoms with Crippen molar-refractivity contribution >= 4 is 40.0 Å². The van der Waals surface area contributed by atoms with Crippen molar-refractivity contribution in [2.45, 2.75) is 63.3 Å². The van der Waals surface area contributed by atoms with Gasteiger partial charge in [-0.25, -0.2) is 9.78 Å². The van der Waals surface area contributed by atoms with Gasteiger partial charge in [-0.05, 0) is 68.1 Å². The Balaban J connectivity index is 1.41. The van der Waals surface area contributed by atoms with Gasteiger partial charge in [0, 0.05) is 22.7 Å². The molecule has 1 unspecified atom stereocenters. The number of esters is 1. The molecule has 8 heteroatoms. The minimum atomic E-state index is -0.389. The first-order valence-corrected chi connectivity index (χ1v) is 12.9. The van der Waals surface area contributed by atoms with Crippen LogP contribution in [-0.2, 0) is 35.2 Å². The molecule has 0 spiro atoms. The molecular formula is C24H27N3O3S2. The SMILES string of the molecule is COC(=O)c1c(NC(=O)CCSc2nc3c(cc2C#N)CC(C)CC3)sc2c1CCCC2. The summed E-state index contributed by atoms with van der Waals surface area (Å²) in [5, 5.41) is 13.8. The number of nitriles is 1. The summed E-state index contributed by atoms with van der Waals surface area (Å²) in [6, 6.07) is 4.23. The van der Waals surface area contributed by atoms with Crippen molar-refractivity contribution in [1.29, 1.82) is 5.26 Å². The quantitative estimate of drug-likeness (QED) is 0.477. The molecule has 0 fully saturated rings. The number of nitrogens with zero attached hydrogens (tertiary/aromatic N) is 2. The molecule has 4 rings (SSSR count). The van der Waals surface area contributed by atoms with E-state index in [1.165, 1.54) is 40.6 Å². The van der Waals surface area contributed by atoms with Crippen LogP contribution in [0.2, 0.25) is 0 Å². The predicted molar refractivity (Wildman–Crippen MR) is 126 cm³/mol. The summed E-state index contributed by atoms with van der Waals surface area (Å²) >= 11 is 2.93. The number of pyridine rings is 1. The van der Waals surface area contributed by atoms with Gasteiger partial charge < -0.3 is 10.1 Å². The Morgan fingerprint density at radius 2 is 2.16 bits per heavy atom. The fraction of sp³-hybridized carbons (Fsp3) is 0.500. The lowest BCUT2D eigenvalue weighted by molar-refractivity contribution is -0.115. The minimum absolute atomic E-state index is 0.147. The van der Waals surface area contributed by atoms with Gasteiger partial charge in [-0.1, -0.05) is 6.92 Å². The number of carbonyl (C=O) groups is 2. The molecule has 0 saturated carbocycles. The molecule has 0 saturated heterocycles. The molecule has 2 aromatic heterocycles. The standard InChI is InChI=1S/C24H27N3O3S2/c1-14-7-8-18-15(11-14)12-16(13-25)22(26-18)31-10-9-20(28)27-23-21(24(29)30-2)17-5-3-4-6-19(17)32-23/h12,14H,3-11H2,1-2H3,(H,27,28). The van der Waals surface area contributed by atoms with Gasteiger partial charge in [-0.2, -0.15) is 5.26 Å². The average Bonchev–Trinajstić information content (AvgIpc) is 3.15. The van der Waals surface area contributed by atoms with Crippen LogP contribution in [0.15, 0.2) is 11.1 Å². The molecule has 0 bridgehead atoms. The highest BCUT2D eigenvalue weighted by atomic mass is 32.2. The van der Waals surface area contributed by atoms with Gasteiger partial charge in [0.05, 0.1) is 18.2 Å². The largest absolute Gasteiger partial charge is 0.465 e. The smallest absolute Gasteiger partial charge is 0.341 e. The number of thiophene rings is 1. The third-order valence-electron chi connectivity index (χ3n) is 6.10. The van der Waals surface area contributed by atoms with Crippen molar-refractivity contribution in [3.8, 4) is 6.07 Å². The summed E-state index contributed by atoms with van der Waals surface area (Å²) in [6.07, 6.45) is 7.24. The Hall–Kier alpha value is -2.37. The normalized spacial score (nSPS) is 17.1. The van der Waals surface area contributed by atoms with Crippen molar-refractivity contribution in [3.63, 3.8) is 0 Å². The van der Waals surface area contributed by atoms with Crippen LogP contribution >= 0.6 is 23.1 Å². The lowest BCUT2D eigenvalue weighted by atomic mass is 9.87. The summed E-state index contributed by atoms with van der Waals surface area (Å²) in [5.74, 6) is 0.601. The fourth-order valence-electron chi connectivity index (χ4n) is 4.42. The summed E-state index contributed by atoms with van der Waals surface area (Å²) in [6.45, 7) is 2.23. The van der Waals surface area contributed by atoms with Gasteiger partial charge in [0.2, 0.25) is 5.91 Å². The predicted octanol–water partition coefficient (Wildman–Crippen LogP) is 4.93. The summed E-state index contributed by atoms with van der Waals surface area (Å²) in [7, 11) is 1.37. The maximum absolute atomic E-state index is 12.6. The molecule has 2 aromatic rings. The van der Waals surface area contributed by atoms with Crippen LogP contribution in [0.3, 0.4) is 0 Å². The summed E-state index contributed by atoms with van der Waals surface area (Å²) in [5.41, 5.74) is 4.40. The van der Waals surface area contributed by atoms with Crippen LogP contribution in [0.5, 0.6) is 0 Å². The highest BCUT2D eigenvalue weighted by molar-refractivity contribution is 7.99. The number of anilines is 1. The van der Waals surface area contributed by atoms with E-state index in [1.54, 1.807) is 0 Å². The van der Waals surface area contributed by atoms with Gasteiger partial charge in [0.1, 0.15) is 16.1 Å². The second kappa shape index (κ2) is 10.1. The van der Waals surface area contributed by atoms with Crippen LogP contribution in [0.4, 0.5) is 5.00 Å². The Morgan fingerprint density at radius 3 is 2.94 bits per heavy atom. The molecule has 6 nitrogen and oxygen atoms in total. The van der Waals surface area contributed by atoms with Crippen LogP contribution in [0.25, 0.3) is 0 Å². The molecule has 1 amide bonds. The molecule has 1 atom stereocenters. The first-order chi connectivity index (χ1) is 15.5. The average molecular weight is 470 g/mol. The minimum Gasteiger partial charge on any atom is -0.465 e. The maximum atomic E-state index is 12.6. The van der Waals surface area contributed by atoms with E-state index in [4.69, 9.17) is 9.72 Å². The fourth-order valence-corrected chi connectivity index (χ4v) is 6.63. The van der Waals surface area contributed by atoms with Crippen LogP contribution in [0.1, 0.15) is 70.2 Å². The molecule has 0 aliphatic heterocycles. The van der Waals surface area contributed by atoms with Gasteiger partial charge in [0.15, 0.2) is 0 Å². The molecule has 0 aromatic carbocycles. The number of ether oxygens (including phenoxy) is 1. The Morgan fingerprint density at radius 1 is 1.34 bits per heavy atom. The van der Waals surface area contributed by atoms with Crippen molar-refractivity contribution in [2.24, 2.45) is 5.92 Å². The van der Waals surface area contributed by atoms with E-state index < -0.39 is 0 Å². The van der Waals surface area contributed by atoms with E-state index in [1.807, 2.05) is 6.07 Å². The van der Waals surface area contributed by atoms with Gasteiger partial charge in [-0.3, -0.25) is 4.79 Å². The number of methoxy groups -OCH3 is 1. The van der Waals surface area contributed by atoms with Gasteiger partial charge in [0.25, 0.3) is 0 Å². The van der Waals surface area contributed by atoms with Crippen molar-refractivity contribution in [3.05, 3.63) is 38.9 Å². The van der Waals surface area contributed by atoms with E-state index >= 15 is 0 Å². The first kappa shape index (κ1) is 22.8. The highest BCUT2D eigenvalue weighted by Gasteiger charge is 2.27. The number of amides is 1. The van der Waals surface area contributed by atoms with Gasteiger partial charge >= 0.3 is 5.97 Å². The number of aryl methyl sites for hydroxylation is 2. The molecule has 0 radical (unpaired) electrons. The second-order valence-corrected chi connectivity index (χ2v) is 10.6. The first-order valence-electron chi connectivity index (χ1n) is 11.1. The maximum Gasteiger partial charge on any atom is 0.341 e. The molecule has 2 heterocycles. The molecule has 168 valence electrons. The highest BCUT2D eigenvalue weighted by Crippen LogP contribution is 2.38. The lowest BCUT2D eigenvalue weighted by Gasteiger charge is -2.21. The second-order valence-electron chi connectivity index (χ2n) is 8.46. The van der Waals surface area contributed by atoms with Gasteiger partial charge in [-0.15, -0.1) is 23.1 Å². The van der Waals surface area contributed by atoms with Crippen molar-refractivity contribution in [1.82, 2.24) is 4.98 Å². The van der Waals surface area contributed by atoms with E-state index in [9.17, 15) is 14.9 Å². The Kier molecular flexibility index (Phi) is 7.17. The summed E-state index contributed by atoms with van der Waals surface area (Å²) in [4.78, 5) is 30.9.